The van der Waals surface area contributed by atoms with E-state index < -0.39 is 0 Å². The number of nitrogens with one attached hydrogen (secondary N) is 1. The average Bonchev–Trinajstić information content (AvgIpc) is 2.82. The molecule has 4 heterocycles. The second-order valence-corrected chi connectivity index (χ2v) is 5.93. The van der Waals surface area contributed by atoms with Crippen LogP contribution in [0.4, 0.5) is 5.82 Å². The standard InChI is InChI=1S/C16H21N3O/c1-18-14-4-3-11(10-17-20-2)9-13(14)15-12-5-7-19(8-6-12)16(15)18/h3-4,9,12,17H,5-8,10H2,1-2H3. The van der Waals surface area contributed by atoms with Crippen LogP contribution in [0.1, 0.15) is 29.9 Å². The van der Waals surface area contributed by atoms with Crippen LogP contribution in [0.2, 0.25) is 0 Å². The molecule has 2 aromatic rings. The highest BCUT2D eigenvalue weighted by Crippen LogP contribution is 2.47. The molecular formula is C16H21N3O. The molecule has 4 heteroatoms. The van der Waals surface area contributed by atoms with Gasteiger partial charge in [-0.25, -0.2) is 0 Å². The zero-order chi connectivity index (χ0) is 13.7. The summed E-state index contributed by atoms with van der Waals surface area (Å²) in [5.74, 6) is 2.21. The predicted octanol–water partition coefficient (Wildman–Crippen LogP) is 2.53. The first kappa shape index (κ1) is 12.2. The lowest BCUT2D eigenvalue weighted by atomic mass is 9.84. The maximum Gasteiger partial charge on any atom is 0.112 e. The summed E-state index contributed by atoms with van der Waals surface area (Å²) >= 11 is 0. The van der Waals surface area contributed by atoms with Crippen molar-refractivity contribution in [3.63, 3.8) is 0 Å². The zero-order valence-corrected chi connectivity index (χ0v) is 12.1. The molecule has 0 unspecified atom stereocenters. The van der Waals surface area contributed by atoms with Crippen molar-refractivity contribution in [2.24, 2.45) is 7.05 Å². The van der Waals surface area contributed by atoms with Gasteiger partial charge in [-0.05, 0) is 36.5 Å². The number of aromatic nitrogens is 1. The van der Waals surface area contributed by atoms with Gasteiger partial charge in [-0.2, -0.15) is 5.48 Å². The number of fused-ring (bicyclic) bond motifs is 3. The number of hydroxylamine groups is 1. The summed E-state index contributed by atoms with van der Waals surface area (Å²) in [6, 6.07) is 6.78. The molecule has 3 aliphatic heterocycles. The summed E-state index contributed by atoms with van der Waals surface area (Å²) in [6.45, 7) is 3.20. The first-order chi connectivity index (χ1) is 9.79. The van der Waals surface area contributed by atoms with Gasteiger partial charge in [0.2, 0.25) is 0 Å². The Kier molecular flexibility index (Phi) is 2.75. The summed E-state index contributed by atoms with van der Waals surface area (Å²) in [7, 11) is 3.87. The van der Waals surface area contributed by atoms with Gasteiger partial charge in [-0.3, -0.25) is 0 Å². The number of aryl methyl sites for hydroxylation is 1. The van der Waals surface area contributed by atoms with Gasteiger partial charge in [0.25, 0.3) is 0 Å². The summed E-state index contributed by atoms with van der Waals surface area (Å²) in [6.07, 6.45) is 2.62. The number of rotatable bonds is 3. The third-order valence-electron chi connectivity index (χ3n) is 4.89. The molecule has 3 aliphatic rings. The molecule has 0 radical (unpaired) electrons. The lowest BCUT2D eigenvalue weighted by Crippen LogP contribution is -2.39. The molecule has 0 amide bonds. The first-order valence-corrected chi connectivity index (χ1v) is 7.41. The van der Waals surface area contributed by atoms with Gasteiger partial charge in [0.05, 0.1) is 7.11 Å². The van der Waals surface area contributed by atoms with E-state index in [0.29, 0.717) is 0 Å². The Labute approximate surface area is 119 Å². The summed E-state index contributed by atoms with van der Waals surface area (Å²) in [4.78, 5) is 7.52. The molecule has 0 aliphatic carbocycles. The lowest BCUT2D eigenvalue weighted by molar-refractivity contribution is 0.0867. The van der Waals surface area contributed by atoms with Gasteiger partial charge in [-0.1, -0.05) is 6.07 Å². The number of anilines is 1. The van der Waals surface area contributed by atoms with E-state index in [1.807, 2.05) is 0 Å². The molecule has 1 fully saturated rings. The van der Waals surface area contributed by atoms with Crippen molar-refractivity contribution in [1.82, 2.24) is 10.0 Å². The van der Waals surface area contributed by atoms with Gasteiger partial charge in [-0.15, -0.1) is 0 Å². The van der Waals surface area contributed by atoms with Crippen molar-refractivity contribution in [3.8, 4) is 0 Å². The van der Waals surface area contributed by atoms with E-state index in [4.69, 9.17) is 4.84 Å². The molecule has 5 rings (SSSR count). The molecule has 0 saturated carbocycles. The topological polar surface area (TPSA) is 29.4 Å². The van der Waals surface area contributed by atoms with Crippen LogP contribution in [0, 0.1) is 0 Å². The number of benzene rings is 1. The normalized spacial score (nSPS) is 18.0. The van der Waals surface area contributed by atoms with Crippen molar-refractivity contribution in [1.29, 1.82) is 0 Å². The van der Waals surface area contributed by atoms with E-state index in [9.17, 15) is 0 Å². The highest BCUT2D eigenvalue weighted by Gasteiger charge is 2.35. The fourth-order valence-electron chi connectivity index (χ4n) is 3.94. The Morgan fingerprint density at radius 2 is 2.10 bits per heavy atom. The van der Waals surface area contributed by atoms with Crippen LogP contribution in [-0.2, 0) is 18.4 Å². The minimum atomic E-state index is 0.754. The van der Waals surface area contributed by atoms with Gasteiger partial charge in [0.15, 0.2) is 0 Å². The van der Waals surface area contributed by atoms with Crippen molar-refractivity contribution in [2.45, 2.75) is 25.3 Å². The number of nitrogens with zero attached hydrogens (tertiary/aromatic N) is 2. The Morgan fingerprint density at radius 3 is 2.85 bits per heavy atom. The van der Waals surface area contributed by atoms with Crippen LogP contribution in [0.25, 0.3) is 10.9 Å². The fourth-order valence-corrected chi connectivity index (χ4v) is 3.94. The molecule has 0 spiro atoms. The van der Waals surface area contributed by atoms with Gasteiger partial charge < -0.3 is 14.3 Å². The lowest BCUT2D eigenvalue weighted by Gasteiger charge is -2.41. The van der Waals surface area contributed by atoms with Gasteiger partial charge >= 0.3 is 0 Å². The van der Waals surface area contributed by atoms with E-state index in [1.165, 1.54) is 48.2 Å². The monoisotopic (exact) mass is 271 g/mol. The third-order valence-corrected chi connectivity index (χ3v) is 4.89. The number of hydrogen-bond donors (Lipinski definition) is 1. The zero-order valence-electron chi connectivity index (χ0n) is 12.1. The molecule has 0 atom stereocenters. The molecule has 1 saturated heterocycles. The van der Waals surface area contributed by atoms with Crippen LogP contribution in [0.15, 0.2) is 18.2 Å². The van der Waals surface area contributed by atoms with Crippen molar-refractivity contribution < 1.29 is 4.84 Å². The maximum atomic E-state index is 4.96. The Balaban J connectivity index is 1.89. The summed E-state index contributed by atoms with van der Waals surface area (Å²) < 4.78 is 2.38. The van der Waals surface area contributed by atoms with Crippen LogP contribution in [-0.4, -0.2) is 24.8 Å². The first-order valence-electron chi connectivity index (χ1n) is 7.41. The number of hydrogen-bond acceptors (Lipinski definition) is 3. The molecule has 1 N–H and O–H groups in total. The quantitative estimate of drug-likeness (QED) is 0.870. The van der Waals surface area contributed by atoms with Crippen LogP contribution in [0.3, 0.4) is 0 Å². The van der Waals surface area contributed by atoms with Gasteiger partial charge in [0.1, 0.15) is 5.82 Å². The third kappa shape index (κ3) is 1.61. The highest BCUT2D eigenvalue weighted by molar-refractivity contribution is 5.92. The van der Waals surface area contributed by atoms with E-state index in [1.54, 1.807) is 12.7 Å². The van der Waals surface area contributed by atoms with E-state index in [2.05, 4.69) is 40.2 Å². The molecule has 2 bridgehead atoms. The minimum Gasteiger partial charge on any atom is -0.358 e. The Morgan fingerprint density at radius 1 is 1.30 bits per heavy atom. The van der Waals surface area contributed by atoms with E-state index in [-0.39, 0.29) is 0 Å². The highest BCUT2D eigenvalue weighted by atomic mass is 16.6. The van der Waals surface area contributed by atoms with E-state index in [0.717, 1.165) is 12.5 Å². The van der Waals surface area contributed by atoms with Crippen molar-refractivity contribution >= 4 is 16.7 Å². The van der Waals surface area contributed by atoms with Crippen LogP contribution in [0.5, 0.6) is 0 Å². The Hall–Kier alpha value is -1.52. The molecule has 106 valence electrons. The average molecular weight is 271 g/mol. The smallest absolute Gasteiger partial charge is 0.112 e. The summed E-state index contributed by atoms with van der Waals surface area (Å²) in [5.41, 5.74) is 7.15. The molecule has 20 heavy (non-hydrogen) atoms. The molecule has 1 aromatic carbocycles. The second kappa shape index (κ2) is 4.50. The molecule has 1 aromatic heterocycles. The Bertz CT molecular complexity index is 653. The minimum absolute atomic E-state index is 0.754. The van der Waals surface area contributed by atoms with Gasteiger partial charge in [0, 0.05) is 43.1 Å². The van der Waals surface area contributed by atoms with Crippen molar-refractivity contribution in [3.05, 3.63) is 29.3 Å². The largest absolute Gasteiger partial charge is 0.358 e. The fraction of sp³-hybridized carbons (Fsp3) is 0.500. The molecular weight excluding hydrogens is 250 g/mol. The summed E-state index contributed by atoms with van der Waals surface area (Å²) in [5, 5.41) is 1.44. The predicted molar refractivity (Wildman–Crippen MR) is 81.0 cm³/mol. The SMILES string of the molecule is CONCc1ccc2c(c1)c1c(n2C)N2CCC1CC2. The van der Waals surface area contributed by atoms with Crippen LogP contribution < -0.4 is 10.4 Å². The van der Waals surface area contributed by atoms with E-state index >= 15 is 0 Å². The maximum absolute atomic E-state index is 4.96. The second-order valence-electron chi connectivity index (χ2n) is 5.93. The number of piperidine rings is 1. The molecule has 4 nitrogen and oxygen atoms in total. The van der Waals surface area contributed by atoms with Crippen LogP contribution >= 0.6 is 0 Å². The van der Waals surface area contributed by atoms with Crippen molar-refractivity contribution in [2.75, 3.05) is 25.1 Å².